The number of carbonyl (C=O) groups excluding carboxylic acids is 1. The van der Waals surface area contributed by atoms with Crippen LogP contribution in [0.1, 0.15) is 23.7 Å². The summed E-state index contributed by atoms with van der Waals surface area (Å²) in [5, 5.41) is 11.2. The molecule has 1 saturated heterocycles. The largest absolute Gasteiger partial charge is 0.323 e. The van der Waals surface area contributed by atoms with Crippen molar-refractivity contribution in [2.24, 2.45) is 7.05 Å². The molecule has 0 aliphatic carbocycles. The highest BCUT2D eigenvalue weighted by atomic mass is 32.2. The van der Waals surface area contributed by atoms with E-state index < -0.39 is 15.7 Å². The van der Waals surface area contributed by atoms with Crippen LogP contribution in [0.5, 0.6) is 0 Å². The van der Waals surface area contributed by atoms with Gasteiger partial charge in [-0.2, -0.15) is 0 Å². The van der Waals surface area contributed by atoms with Crippen molar-refractivity contribution in [1.82, 2.24) is 14.8 Å². The van der Waals surface area contributed by atoms with Crippen molar-refractivity contribution in [3.63, 3.8) is 0 Å². The Morgan fingerprint density at radius 3 is 2.85 bits per heavy atom. The van der Waals surface area contributed by atoms with Gasteiger partial charge in [-0.3, -0.25) is 4.79 Å². The minimum Gasteiger partial charge on any atom is -0.323 e. The normalized spacial score (nSPS) is 18.8. The number of hydrogen-bond acceptors (Lipinski definition) is 6. The third-order valence-electron chi connectivity index (χ3n) is 4.20. The van der Waals surface area contributed by atoms with E-state index in [0.29, 0.717) is 17.4 Å². The van der Waals surface area contributed by atoms with E-state index in [9.17, 15) is 17.6 Å². The van der Waals surface area contributed by atoms with Crippen LogP contribution in [0.15, 0.2) is 23.4 Å². The zero-order valence-corrected chi connectivity index (χ0v) is 16.0. The molecule has 0 saturated carbocycles. The number of carbonyl (C=O) groups is 1. The maximum absolute atomic E-state index is 13.8. The van der Waals surface area contributed by atoms with Crippen LogP contribution in [-0.4, -0.2) is 46.3 Å². The summed E-state index contributed by atoms with van der Waals surface area (Å²) in [6.07, 6.45) is 0.534. The Morgan fingerprint density at radius 2 is 2.19 bits per heavy atom. The van der Waals surface area contributed by atoms with Gasteiger partial charge >= 0.3 is 0 Å². The fourth-order valence-electron chi connectivity index (χ4n) is 2.84. The molecule has 2 aromatic rings. The zero-order chi connectivity index (χ0) is 18.9. The molecule has 7 nitrogen and oxygen atoms in total. The number of amides is 1. The molecule has 1 N–H and O–H groups in total. The first-order valence-corrected chi connectivity index (χ1v) is 10.8. The summed E-state index contributed by atoms with van der Waals surface area (Å²) in [4.78, 5) is 12.0. The molecule has 1 fully saturated rings. The van der Waals surface area contributed by atoms with Gasteiger partial charge in [0, 0.05) is 13.0 Å². The average Bonchev–Trinajstić information content (AvgIpc) is 3.10. The van der Waals surface area contributed by atoms with E-state index in [1.807, 2.05) is 0 Å². The summed E-state index contributed by atoms with van der Waals surface area (Å²) in [7, 11) is -1.26. The summed E-state index contributed by atoms with van der Waals surface area (Å²) < 4.78 is 38.7. The number of anilines is 1. The summed E-state index contributed by atoms with van der Waals surface area (Å²) in [5.41, 5.74) is 0.909. The van der Waals surface area contributed by atoms with Gasteiger partial charge in [0.25, 0.3) is 0 Å². The highest BCUT2D eigenvalue weighted by Gasteiger charge is 2.32. The Balaban J connectivity index is 1.60. The van der Waals surface area contributed by atoms with Crippen LogP contribution in [-0.2, 0) is 21.7 Å². The van der Waals surface area contributed by atoms with Gasteiger partial charge in [-0.25, -0.2) is 12.8 Å². The molecule has 1 unspecified atom stereocenters. The van der Waals surface area contributed by atoms with Gasteiger partial charge in [-0.1, -0.05) is 17.8 Å². The molecule has 1 aliphatic heterocycles. The maximum Gasteiger partial charge on any atom is 0.234 e. The van der Waals surface area contributed by atoms with Gasteiger partial charge in [0.2, 0.25) is 5.91 Å². The molecular weight excluding hydrogens is 379 g/mol. The fraction of sp³-hybridized carbons (Fsp3) is 0.438. The molecule has 0 bridgehead atoms. The average molecular weight is 398 g/mol. The van der Waals surface area contributed by atoms with E-state index in [0.717, 1.165) is 5.56 Å². The molecular formula is C16H19FN4O3S2. The lowest BCUT2D eigenvalue weighted by atomic mass is 10.1. The molecule has 1 aromatic heterocycles. The summed E-state index contributed by atoms with van der Waals surface area (Å²) in [5.74, 6) is -0.102. The molecule has 1 atom stereocenters. The molecule has 0 spiro atoms. The van der Waals surface area contributed by atoms with Crippen LogP contribution in [0, 0.1) is 12.7 Å². The molecule has 26 heavy (non-hydrogen) atoms. The lowest BCUT2D eigenvalue weighted by molar-refractivity contribution is -0.113. The predicted molar refractivity (Wildman–Crippen MR) is 97.5 cm³/mol. The molecule has 1 aromatic carbocycles. The van der Waals surface area contributed by atoms with E-state index in [1.165, 1.54) is 23.9 Å². The second kappa shape index (κ2) is 7.36. The Labute approximate surface area is 155 Å². The van der Waals surface area contributed by atoms with Crippen molar-refractivity contribution in [2.45, 2.75) is 24.4 Å². The van der Waals surface area contributed by atoms with Crippen molar-refractivity contribution in [2.75, 3.05) is 22.6 Å². The summed E-state index contributed by atoms with van der Waals surface area (Å²) in [6, 6.07) is 4.60. The molecule has 1 aliphatic rings. The third-order valence-corrected chi connectivity index (χ3v) is 6.99. The van der Waals surface area contributed by atoms with Crippen molar-refractivity contribution >= 4 is 33.2 Å². The van der Waals surface area contributed by atoms with Crippen molar-refractivity contribution in [3.05, 3.63) is 35.4 Å². The number of nitrogens with zero attached hydrogens (tertiary/aromatic N) is 3. The molecule has 0 radical (unpaired) electrons. The minimum absolute atomic E-state index is 0.0439. The zero-order valence-electron chi connectivity index (χ0n) is 14.4. The lowest BCUT2D eigenvalue weighted by Gasteiger charge is -2.08. The second-order valence-electron chi connectivity index (χ2n) is 6.32. The number of hydrogen-bond donors (Lipinski definition) is 1. The topological polar surface area (TPSA) is 94.0 Å². The van der Waals surface area contributed by atoms with E-state index in [2.05, 4.69) is 15.5 Å². The lowest BCUT2D eigenvalue weighted by Crippen LogP contribution is -2.15. The van der Waals surface area contributed by atoms with Gasteiger partial charge in [0.05, 0.1) is 22.9 Å². The van der Waals surface area contributed by atoms with Crippen LogP contribution in [0.25, 0.3) is 0 Å². The SMILES string of the molecule is Cc1ccc(NC(=O)CSc2nnc(C3CCS(=O)(=O)C3)n2C)c(F)c1. The summed E-state index contributed by atoms with van der Waals surface area (Å²) >= 11 is 1.17. The molecule has 1 amide bonds. The fourth-order valence-corrected chi connectivity index (χ4v) is 5.30. The highest BCUT2D eigenvalue weighted by Crippen LogP contribution is 2.29. The second-order valence-corrected chi connectivity index (χ2v) is 9.49. The molecule has 140 valence electrons. The molecule has 3 rings (SSSR count). The molecule has 2 heterocycles. The number of thioether (sulfide) groups is 1. The number of halogens is 1. The number of aryl methyl sites for hydroxylation is 1. The van der Waals surface area contributed by atoms with Crippen LogP contribution in [0.3, 0.4) is 0 Å². The van der Waals surface area contributed by atoms with Crippen molar-refractivity contribution < 1.29 is 17.6 Å². The smallest absolute Gasteiger partial charge is 0.234 e. The van der Waals surface area contributed by atoms with Crippen molar-refractivity contribution in [3.8, 4) is 0 Å². The number of sulfone groups is 1. The third kappa shape index (κ3) is 4.24. The number of rotatable bonds is 5. The maximum atomic E-state index is 13.8. The first kappa shape index (κ1) is 18.8. The molecule has 10 heteroatoms. The van der Waals surface area contributed by atoms with E-state index >= 15 is 0 Å². The predicted octanol–water partition coefficient (Wildman–Crippen LogP) is 1.90. The van der Waals surface area contributed by atoms with E-state index in [1.54, 1.807) is 24.6 Å². The Kier molecular flexibility index (Phi) is 5.33. The van der Waals surface area contributed by atoms with E-state index in [-0.39, 0.29) is 34.8 Å². The number of aromatic nitrogens is 3. The van der Waals surface area contributed by atoms with Gasteiger partial charge in [0.1, 0.15) is 11.6 Å². The van der Waals surface area contributed by atoms with Gasteiger partial charge in [0.15, 0.2) is 15.0 Å². The first-order chi connectivity index (χ1) is 12.2. The van der Waals surface area contributed by atoms with Crippen LogP contribution < -0.4 is 5.32 Å². The number of nitrogens with one attached hydrogen (secondary N) is 1. The minimum atomic E-state index is -3.01. The van der Waals surface area contributed by atoms with Crippen LogP contribution >= 0.6 is 11.8 Å². The van der Waals surface area contributed by atoms with Crippen molar-refractivity contribution in [1.29, 1.82) is 0 Å². The van der Waals surface area contributed by atoms with Gasteiger partial charge in [-0.05, 0) is 31.0 Å². The Bertz CT molecular complexity index is 943. The Morgan fingerprint density at radius 1 is 1.42 bits per heavy atom. The number of benzene rings is 1. The summed E-state index contributed by atoms with van der Waals surface area (Å²) in [6.45, 7) is 1.77. The Hall–Kier alpha value is -1.94. The van der Waals surface area contributed by atoms with Crippen LogP contribution in [0.4, 0.5) is 10.1 Å². The monoisotopic (exact) mass is 398 g/mol. The quantitative estimate of drug-likeness (QED) is 0.773. The van der Waals surface area contributed by atoms with E-state index in [4.69, 9.17) is 0 Å². The standard InChI is InChI=1S/C16H19FN4O3S2/c1-10-3-4-13(12(17)7-10)18-14(22)8-25-16-20-19-15(21(16)2)11-5-6-26(23,24)9-11/h3-4,7,11H,5-6,8-9H2,1-2H3,(H,18,22). The van der Waals surface area contributed by atoms with Gasteiger partial charge < -0.3 is 9.88 Å². The highest BCUT2D eigenvalue weighted by molar-refractivity contribution is 7.99. The van der Waals surface area contributed by atoms with Gasteiger partial charge in [-0.15, -0.1) is 10.2 Å². The first-order valence-electron chi connectivity index (χ1n) is 8.03. The van der Waals surface area contributed by atoms with Crippen LogP contribution in [0.2, 0.25) is 0 Å².